The first-order chi connectivity index (χ1) is 24.6. The SMILES string of the molecule is CC1(C)c2cc(-c3cccc(N(c4ccccc4)c4ccccc4-c4ccccc4-c4ccccc4)c3)ccc2-c2cc3ccccc3cc21. The molecule has 0 bridgehead atoms. The third-order valence-electron chi connectivity index (χ3n) is 10.4. The Morgan fingerprint density at radius 1 is 0.340 bits per heavy atom. The second kappa shape index (κ2) is 12.1. The molecule has 8 aromatic carbocycles. The molecule has 0 saturated heterocycles. The smallest absolute Gasteiger partial charge is 0.0540 e. The van der Waals surface area contributed by atoms with Gasteiger partial charge in [-0.3, -0.25) is 0 Å². The van der Waals surface area contributed by atoms with E-state index in [0.717, 1.165) is 17.1 Å². The fourth-order valence-corrected chi connectivity index (χ4v) is 7.91. The minimum atomic E-state index is -0.0938. The van der Waals surface area contributed by atoms with Gasteiger partial charge in [0.2, 0.25) is 0 Å². The lowest BCUT2D eigenvalue weighted by molar-refractivity contribution is 0.661. The van der Waals surface area contributed by atoms with Gasteiger partial charge in [0.25, 0.3) is 0 Å². The van der Waals surface area contributed by atoms with Crippen molar-refractivity contribution >= 4 is 27.8 Å². The average Bonchev–Trinajstić information content (AvgIpc) is 3.39. The molecule has 9 rings (SSSR count). The Morgan fingerprint density at radius 3 is 1.68 bits per heavy atom. The van der Waals surface area contributed by atoms with Crippen LogP contribution in [0.25, 0.3) is 55.3 Å². The van der Waals surface area contributed by atoms with Crippen molar-refractivity contribution in [2.45, 2.75) is 19.3 Å². The Labute approximate surface area is 294 Å². The molecule has 0 radical (unpaired) electrons. The van der Waals surface area contributed by atoms with Crippen LogP contribution in [0.5, 0.6) is 0 Å². The first kappa shape index (κ1) is 29.9. The maximum atomic E-state index is 2.43. The van der Waals surface area contributed by atoms with Gasteiger partial charge < -0.3 is 4.90 Å². The van der Waals surface area contributed by atoms with Gasteiger partial charge in [0, 0.05) is 22.4 Å². The van der Waals surface area contributed by atoms with Crippen LogP contribution >= 0.6 is 0 Å². The highest BCUT2D eigenvalue weighted by Gasteiger charge is 2.36. The molecule has 1 nitrogen and oxygen atoms in total. The Bertz CT molecular complexity index is 2510. The zero-order valence-electron chi connectivity index (χ0n) is 28.3. The molecule has 0 heterocycles. The van der Waals surface area contributed by atoms with E-state index in [1.807, 2.05) is 0 Å². The lowest BCUT2D eigenvalue weighted by atomic mass is 9.81. The highest BCUT2D eigenvalue weighted by Crippen LogP contribution is 2.51. The predicted molar refractivity (Wildman–Crippen MR) is 213 cm³/mol. The standard InChI is InChI=1S/C49H37N/c1-49(2)46-33-38(28-29-43(46)45-31-36-18-9-10-19-37(36)32-47(45)49)35-20-15-23-40(30-35)50(39-21-7-4-8-22-39)48-27-14-13-26-44(48)42-25-12-11-24-41(42)34-16-5-3-6-17-34/h3-33H,1-2H3. The number of para-hydroxylation sites is 2. The first-order valence-corrected chi connectivity index (χ1v) is 17.4. The normalized spacial score (nSPS) is 12.8. The third-order valence-corrected chi connectivity index (χ3v) is 10.4. The van der Waals surface area contributed by atoms with Crippen molar-refractivity contribution in [3.8, 4) is 44.5 Å². The van der Waals surface area contributed by atoms with Crippen molar-refractivity contribution in [2.75, 3.05) is 4.90 Å². The maximum absolute atomic E-state index is 2.43. The van der Waals surface area contributed by atoms with Crippen LogP contribution in [0.4, 0.5) is 17.1 Å². The van der Waals surface area contributed by atoms with Gasteiger partial charge in [-0.25, -0.2) is 0 Å². The first-order valence-electron chi connectivity index (χ1n) is 17.4. The van der Waals surface area contributed by atoms with Crippen LogP contribution in [-0.4, -0.2) is 0 Å². The van der Waals surface area contributed by atoms with Crippen molar-refractivity contribution < 1.29 is 0 Å². The summed E-state index contributed by atoms with van der Waals surface area (Å²) in [6, 6.07) is 68.5. The van der Waals surface area contributed by atoms with Gasteiger partial charge in [-0.05, 0) is 109 Å². The molecule has 50 heavy (non-hydrogen) atoms. The van der Waals surface area contributed by atoms with Crippen LogP contribution in [-0.2, 0) is 5.41 Å². The predicted octanol–water partition coefficient (Wildman–Crippen LogP) is 13.6. The van der Waals surface area contributed by atoms with Gasteiger partial charge in [0.15, 0.2) is 0 Å². The fourth-order valence-electron chi connectivity index (χ4n) is 7.91. The van der Waals surface area contributed by atoms with Crippen LogP contribution in [0.3, 0.4) is 0 Å². The van der Waals surface area contributed by atoms with E-state index in [1.165, 1.54) is 66.4 Å². The Hall–Kier alpha value is -6.18. The molecule has 238 valence electrons. The molecule has 0 N–H and O–H groups in total. The van der Waals surface area contributed by atoms with Crippen LogP contribution in [0.2, 0.25) is 0 Å². The monoisotopic (exact) mass is 639 g/mol. The summed E-state index contributed by atoms with van der Waals surface area (Å²) in [6.07, 6.45) is 0. The second-order valence-electron chi connectivity index (χ2n) is 13.8. The van der Waals surface area contributed by atoms with Gasteiger partial charge >= 0.3 is 0 Å². The molecule has 0 saturated carbocycles. The van der Waals surface area contributed by atoms with Gasteiger partial charge in [0.05, 0.1) is 5.69 Å². The van der Waals surface area contributed by atoms with E-state index in [0.29, 0.717) is 0 Å². The van der Waals surface area contributed by atoms with Crippen molar-refractivity contribution in [2.24, 2.45) is 0 Å². The molecule has 0 unspecified atom stereocenters. The van der Waals surface area contributed by atoms with Crippen LogP contribution in [0.1, 0.15) is 25.0 Å². The van der Waals surface area contributed by atoms with Crippen molar-refractivity contribution in [1.29, 1.82) is 0 Å². The summed E-state index contributed by atoms with van der Waals surface area (Å²) < 4.78 is 0. The molecule has 0 spiro atoms. The number of anilines is 3. The summed E-state index contributed by atoms with van der Waals surface area (Å²) in [5.74, 6) is 0. The minimum absolute atomic E-state index is 0.0938. The molecular weight excluding hydrogens is 603 g/mol. The number of hydrogen-bond donors (Lipinski definition) is 0. The second-order valence-corrected chi connectivity index (χ2v) is 13.8. The van der Waals surface area contributed by atoms with Crippen molar-refractivity contribution in [1.82, 2.24) is 0 Å². The van der Waals surface area contributed by atoms with Gasteiger partial charge in [0.1, 0.15) is 0 Å². The summed E-state index contributed by atoms with van der Waals surface area (Å²) in [5, 5.41) is 2.59. The molecular formula is C49H37N. The van der Waals surface area contributed by atoms with Crippen LogP contribution < -0.4 is 4.90 Å². The zero-order valence-corrected chi connectivity index (χ0v) is 28.3. The van der Waals surface area contributed by atoms with E-state index >= 15 is 0 Å². The molecule has 1 aliphatic carbocycles. The molecule has 1 heteroatoms. The minimum Gasteiger partial charge on any atom is -0.310 e. The largest absolute Gasteiger partial charge is 0.310 e. The lowest BCUT2D eigenvalue weighted by Gasteiger charge is -2.29. The van der Waals surface area contributed by atoms with Crippen LogP contribution in [0, 0.1) is 0 Å². The Morgan fingerprint density at radius 2 is 0.900 bits per heavy atom. The van der Waals surface area contributed by atoms with Crippen LogP contribution in [0.15, 0.2) is 188 Å². The molecule has 0 aliphatic heterocycles. The molecule has 1 aliphatic rings. The number of rotatable bonds is 6. The van der Waals surface area contributed by atoms with E-state index in [2.05, 4.69) is 207 Å². The van der Waals surface area contributed by atoms with E-state index in [4.69, 9.17) is 0 Å². The summed E-state index contributed by atoms with van der Waals surface area (Å²) in [6.45, 7) is 4.74. The summed E-state index contributed by atoms with van der Waals surface area (Å²) in [7, 11) is 0. The van der Waals surface area contributed by atoms with Crippen molar-refractivity contribution in [3.63, 3.8) is 0 Å². The average molecular weight is 640 g/mol. The Kier molecular flexibility index (Phi) is 7.21. The molecule has 0 fully saturated rings. The number of benzene rings is 8. The maximum Gasteiger partial charge on any atom is 0.0540 e. The highest BCUT2D eigenvalue weighted by molar-refractivity contribution is 5.96. The highest BCUT2D eigenvalue weighted by atomic mass is 15.1. The number of nitrogens with zero attached hydrogens (tertiary/aromatic N) is 1. The van der Waals surface area contributed by atoms with Gasteiger partial charge in [-0.2, -0.15) is 0 Å². The van der Waals surface area contributed by atoms with E-state index in [-0.39, 0.29) is 5.41 Å². The quantitative estimate of drug-likeness (QED) is 0.175. The third kappa shape index (κ3) is 5.02. The van der Waals surface area contributed by atoms with Gasteiger partial charge in [-0.15, -0.1) is 0 Å². The topological polar surface area (TPSA) is 3.24 Å². The fraction of sp³-hybridized carbons (Fsp3) is 0.0612. The lowest BCUT2D eigenvalue weighted by Crippen LogP contribution is -2.15. The van der Waals surface area contributed by atoms with E-state index in [1.54, 1.807) is 0 Å². The number of fused-ring (bicyclic) bond motifs is 4. The molecule has 8 aromatic rings. The van der Waals surface area contributed by atoms with Gasteiger partial charge in [-0.1, -0.05) is 153 Å². The zero-order chi connectivity index (χ0) is 33.7. The molecule has 0 aromatic heterocycles. The van der Waals surface area contributed by atoms with E-state index < -0.39 is 0 Å². The number of hydrogen-bond acceptors (Lipinski definition) is 1. The van der Waals surface area contributed by atoms with E-state index in [9.17, 15) is 0 Å². The summed E-state index contributed by atoms with van der Waals surface area (Å²) >= 11 is 0. The summed E-state index contributed by atoms with van der Waals surface area (Å²) in [5.41, 5.74) is 16.0. The summed E-state index contributed by atoms with van der Waals surface area (Å²) in [4.78, 5) is 2.40. The Balaban J connectivity index is 1.17. The molecule has 0 atom stereocenters. The van der Waals surface area contributed by atoms with Crippen molar-refractivity contribution in [3.05, 3.63) is 199 Å². The molecule has 0 amide bonds.